The van der Waals surface area contributed by atoms with Crippen LogP contribution < -0.4 is 9.64 Å². The van der Waals surface area contributed by atoms with E-state index in [-0.39, 0.29) is 23.5 Å². The average Bonchev–Trinajstić information content (AvgIpc) is 3.10. The van der Waals surface area contributed by atoms with Gasteiger partial charge in [0.25, 0.3) is 0 Å². The lowest BCUT2D eigenvalue weighted by Gasteiger charge is -2.39. The number of anilines is 1. The van der Waals surface area contributed by atoms with Gasteiger partial charge in [0.15, 0.2) is 0 Å². The minimum absolute atomic E-state index is 0.0193. The molecule has 2 aliphatic rings. The Labute approximate surface area is 191 Å². The third-order valence-electron chi connectivity index (χ3n) is 6.84. The molecule has 8 heteroatoms. The summed E-state index contributed by atoms with van der Waals surface area (Å²) < 4.78 is 41.1. The first-order valence-electron chi connectivity index (χ1n) is 11.2. The number of likely N-dealkylation sites (tertiary alicyclic amines) is 1. The van der Waals surface area contributed by atoms with Crippen molar-refractivity contribution in [3.05, 3.63) is 60.2 Å². The maximum Gasteiger partial charge on any atom is 0.573 e. The van der Waals surface area contributed by atoms with Crippen LogP contribution in [0.5, 0.6) is 5.75 Å². The van der Waals surface area contributed by atoms with E-state index in [1.54, 1.807) is 4.90 Å². The lowest BCUT2D eigenvalue weighted by molar-refractivity contribution is -0.274. The summed E-state index contributed by atoms with van der Waals surface area (Å²) in [6, 6.07) is 15.1. The second-order valence-electron chi connectivity index (χ2n) is 8.73. The minimum Gasteiger partial charge on any atom is -0.406 e. The highest BCUT2D eigenvalue weighted by Gasteiger charge is 2.49. The van der Waals surface area contributed by atoms with Gasteiger partial charge in [0, 0.05) is 25.3 Å². The Hall–Kier alpha value is -3.03. The van der Waals surface area contributed by atoms with Crippen LogP contribution in [-0.4, -0.2) is 42.7 Å². The highest BCUT2D eigenvalue weighted by atomic mass is 19.4. The van der Waals surface area contributed by atoms with E-state index in [1.807, 2.05) is 42.2 Å². The molecule has 0 saturated carbocycles. The highest BCUT2D eigenvalue weighted by Crippen LogP contribution is 2.44. The van der Waals surface area contributed by atoms with Crippen molar-refractivity contribution in [2.24, 2.45) is 5.41 Å². The molecular weight excluding hydrogens is 433 g/mol. The Bertz CT molecular complexity index is 984. The zero-order valence-electron chi connectivity index (χ0n) is 18.5. The first kappa shape index (κ1) is 23.1. The SMILES string of the molecule is CCC(C(=O)N1CCC2(CC1)CCN(c1ccc(OC(F)(F)F)cc1)C2=O)c1ccccc1. The topological polar surface area (TPSA) is 49.9 Å². The minimum atomic E-state index is -4.75. The maximum atomic E-state index is 13.3. The monoisotopic (exact) mass is 460 g/mol. The number of hydrogen-bond donors (Lipinski definition) is 0. The van der Waals surface area contributed by atoms with E-state index in [9.17, 15) is 22.8 Å². The molecule has 0 N–H and O–H groups in total. The molecule has 176 valence electrons. The van der Waals surface area contributed by atoms with Gasteiger partial charge in [-0.2, -0.15) is 0 Å². The van der Waals surface area contributed by atoms with Gasteiger partial charge in [0.1, 0.15) is 5.75 Å². The van der Waals surface area contributed by atoms with Crippen molar-refractivity contribution in [2.45, 2.75) is 44.9 Å². The van der Waals surface area contributed by atoms with Crippen molar-refractivity contribution in [3.8, 4) is 5.75 Å². The third-order valence-corrected chi connectivity index (χ3v) is 6.84. The molecule has 0 aromatic heterocycles. The van der Waals surface area contributed by atoms with Crippen LogP contribution in [0.1, 0.15) is 44.1 Å². The lowest BCUT2D eigenvalue weighted by atomic mass is 9.76. The van der Waals surface area contributed by atoms with Crippen molar-refractivity contribution >= 4 is 17.5 Å². The van der Waals surface area contributed by atoms with Crippen molar-refractivity contribution < 1.29 is 27.5 Å². The largest absolute Gasteiger partial charge is 0.573 e. The van der Waals surface area contributed by atoms with Gasteiger partial charge in [0.05, 0.1) is 11.3 Å². The number of carbonyl (C=O) groups excluding carboxylic acids is 2. The molecule has 1 unspecified atom stereocenters. The summed E-state index contributed by atoms with van der Waals surface area (Å²) in [5.41, 5.74) is 1.04. The molecule has 2 aromatic rings. The molecule has 1 spiro atoms. The molecule has 0 aliphatic carbocycles. The normalized spacial score (nSPS) is 19.1. The number of rotatable bonds is 5. The first-order chi connectivity index (χ1) is 15.7. The quantitative estimate of drug-likeness (QED) is 0.622. The van der Waals surface area contributed by atoms with Crippen molar-refractivity contribution in [1.82, 2.24) is 4.90 Å². The van der Waals surface area contributed by atoms with E-state index in [2.05, 4.69) is 4.74 Å². The fourth-order valence-electron chi connectivity index (χ4n) is 4.97. The van der Waals surface area contributed by atoms with E-state index in [4.69, 9.17) is 0 Å². The Kier molecular flexibility index (Phi) is 6.36. The molecule has 2 amide bonds. The summed E-state index contributed by atoms with van der Waals surface area (Å²) in [6.07, 6.45) is -2.18. The number of benzene rings is 2. The summed E-state index contributed by atoms with van der Waals surface area (Å²) in [5, 5.41) is 0. The fourth-order valence-corrected chi connectivity index (χ4v) is 4.97. The van der Waals surface area contributed by atoms with Crippen LogP contribution in [0, 0.1) is 5.41 Å². The van der Waals surface area contributed by atoms with Gasteiger partial charge in [-0.05, 0) is 55.5 Å². The van der Waals surface area contributed by atoms with Gasteiger partial charge >= 0.3 is 6.36 Å². The van der Waals surface area contributed by atoms with Crippen molar-refractivity contribution in [1.29, 1.82) is 0 Å². The zero-order chi connectivity index (χ0) is 23.6. The number of carbonyl (C=O) groups is 2. The molecular formula is C25H27F3N2O3. The molecule has 0 bridgehead atoms. The third kappa shape index (κ3) is 4.84. The molecule has 2 aliphatic heterocycles. The Balaban J connectivity index is 1.40. The number of nitrogens with zero attached hydrogens (tertiary/aromatic N) is 2. The second-order valence-corrected chi connectivity index (χ2v) is 8.73. The number of alkyl halides is 3. The highest BCUT2D eigenvalue weighted by molar-refractivity contribution is 6.00. The predicted octanol–water partition coefficient (Wildman–Crippen LogP) is 5.12. The molecule has 0 radical (unpaired) electrons. The number of piperidine rings is 1. The number of amides is 2. The van der Waals surface area contributed by atoms with Gasteiger partial charge in [-0.15, -0.1) is 13.2 Å². The second kappa shape index (κ2) is 9.08. The number of hydrogen-bond acceptors (Lipinski definition) is 3. The van der Waals surface area contributed by atoms with Crippen LogP contribution in [0.2, 0.25) is 0 Å². The van der Waals surface area contributed by atoms with Crippen LogP contribution >= 0.6 is 0 Å². The van der Waals surface area contributed by atoms with Gasteiger partial charge in [-0.25, -0.2) is 0 Å². The standard InChI is InChI=1S/C25H27F3N2O3/c1-2-21(18-6-4-3-5-7-18)22(31)29-15-12-24(13-16-29)14-17-30(23(24)32)19-8-10-20(11-9-19)33-25(26,27)28/h3-11,21H,2,12-17H2,1H3. The van der Waals surface area contributed by atoms with Gasteiger partial charge in [0.2, 0.25) is 11.8 Å². The zero-order valence-corrected chi connectivity index (χ0v) is 18.5. The van der Waals surface area contributed by atoms with Crippen LogP contribution in [-0.2, 0) is 9.59 Å². The molecule has 2 heterocycles. The summed E-state index contributed by atoms with van der Waals surface area (Å²) >= 11 is 0. The van der Waals surface area contributed by atoms with Gasteiger partial charge in [-0.3, -0.25) is 9.59 Å². The smallest absolute Gasteiger partial charge is 0.406 e. The molecule has 5 nitrogen and oxygen atoms in total. The molecule has 1 atom stereocenters. The first-order valence-corrected chi connectivity index (χ1v) is 11.2. The van der Waals surface area contributed by atoms with E-state index >= 15 is 0 Å². The van der Waals surface area contributed by atoms with Crippen molar-refractivity contribution in [3.63, 3.8) is 0 Å². The van der Waals surface area contributed by atoms with Crippen LogP contribution in [0.15, 0.2) is 54.6 Å². The van der Waals surface area contributed by atoms with E-state index in [1.165, 1.54) is 24.3 Å². The Morgan fingerprint density at radius 1 is 1.00 bits per heavy atom. The van der Waals surface area contributed by atoms with E-state index in [0.29, 0.717) is 51.0 Å². The molecule has 2 aromatic carbocycles. The van der Waals surface area contributed by atoms with E-state index in [0.717, 1.165) is 5.56 Å². The summed E-state index contributed by atoms with van der Waals surface area (Å²) in [6.45, 7) is 3.57. The Morgan fingerprint density at radius 3 is 2.18 bits per heavy atom. The van der Waals surface area contributed by atoms with Crippen LogP contribution in [0.4, 0.5) is 18.9 Å². The number of ether oxygens (including phenoxy) is 1. The maximum absolute atomic E-state index is 13.3. The fraction of sp³-hybridized carbons (Fsp3) is 0.440. The van der Waals surface area contributed by atoms with Gasteiger partial charge < -0.3 is 14.5 Å². The number of halogens is 3. The molecule has 2 saturated heterocycles. The lowest BCUT2D eigenvalue weighted by Crippen LogP contribution is -2.47. The predicted molar refractivity (Wildman–Crippen MR) is 118 cm³/mol. The average molecular weight is 460 g/mol. The van der Waals surface area contributed by atoms with Crippen LogP contribution in [0.3, 0.4) is 0 Å². The van der Waals surface area contributed by atoms with Crippen molar-refractivity contribution in [2.75, 3.05) is 24.5 Å². The Morgan fingerprint density at radius 2 is 1.61 bits per heavy atom. The summed E-state index contributed by atoms with van der Waals surface area (Å²) in [7, 11) is 0. The molecule has 33 heavy (non-hydrogen) atoms. The van der Waals surface area contributed by atoms with Crippen LogP contribution in [0.25, 0.3) is 0 Å². The van der Waals surface area contributed by atoms with Gasteiger partial charge in [-0.1, -0.05) is 37.3 Å². The molecule has 4 rings (SSSR count). The summed E-state index contributed by atoms with van der Waals surface area (Å²) in [4.78, 5) is 30.0. The molecule has 2 fully saturated rings. The summed E-state index contributed by atoms with van der Waals surface area (Å²) in [5.74, 6) is -0.424. The van der Waals surface area contributed by atoms with E-state index < -0.39 is 11.8 Å².